The number of alkyl carbamates (subject to hydrolysis) is 1. The van der Waals surface area contributed by atoms with Gasteiger partial charge in [0.05, 0.1) is 0 Å². The van der Waals surface area contributed by atoms with Crippen LogP contribution in [-0.2, 0) is 11.3 Å². The van der Waals surface area contributed by atoms with Crippen LogP contribution in [0.3, 0.4) is 0 Å². The van der Waals surface area contributed by atoms with Crippen LogP contribution in [0.2, 0.25) is 0 Å². The largest absolute Gasteiger partial charge is 0.444 e. The second-order valence-corrected chi connectivity index (χ2v) is 7.22. The minimum Gasteiger partial charge on any atom is -0.444 e. The summed E-state index contributed by atoms with van der Waals surface area (Å²) in [4.78, 5) is 14.4. The number of amides is 1. The Hall–Kier alpha value is -1.81. The number of allylic oxidation sites excluding steroid dienone is 1. The second-order valence-electron chi connectivity index (χ2n) is 7.22. The molecule has 1 heterocycles. The van der Waals surface area contributed by atoms with Gasteiger partial charge in [0, 0.05) is 25.7 Å². The van der Waals surface area contributed by atoms with Gasteiger partial charge in [-0.1, -0.05) is 36.4 Å². The fourth-order valence-electron chi connectivity index (χ4n) is 3.01. The maximum Gasteiger partial charge on any atom is 0.407 e. The zero-order valence-electron chi connectivity index (χ0n) is 14.4. The van der Waals surface area contributed by atoms with Gasteiger partial charge < -0.3 is 10.1 Å². The summed E-state index contributed by atoms with van der Waals surface area (Å²) >= 11 is 0. The monoisotopic (exact) mass is 316 g/mol. The van der Waals surface area contributed by atoms with Gasteiger partial charge in [0.1, 0.15) is 5.60 Å². The van der Waals surface area contributed by atoms with E-state index in [1.165, 1.54) is 5.56 Å². The van der Waals surface area contributed by atoms with Gasteiger partial charge in [0.15, 0.2) is 0 Å². The maximum atomic E-state index is 12.1. The number of nitrogens with one attached hydrogen (secondary N) is 1. The highest BCUT2D eigenvalue weighted by Gasteiger charge is 2.33. The third-order valence-corrected chi connectivity index (χ3v) is 3.94. The van der Waals surface area contributed by atoms with E-state index in [0.717, 1.165) is 26.1 Å². The van der Waals surface area contributed by atoms with Crippen molar-refractivity contribution >= 4 is 6.09 Å². The van der Waals surface area contributed by atoms with E-state index in [9.17, 15) is 4.79 Å². The summed E-state index contributed by atoms with van der Waals surface area (Å²) in [6.07, 6.45) is 2.49. The molecule has 1 aromatic rings. The third kappa shape index (κ3) is 5.71. The summed E-state index contributed by atoms with van der Waals surface area (Å²) in [6.45, 7) is 12.2. The smallest absolute Gasteiger partial charge is 0.407 e. The molecular formula is C19H28N2O2. The first-order chi connectivity index (χ1) is 10.9. The molecule has 0 aliphatic carbocycles. The van der Waals surface area contributed by atoms with Crippen LogP contribution in [0.1, 0.15) is 32.8 Å². The normalized spacial score (nSPS) is 21.9. The van der Waals surface area contributed by atoms with E-state index in [1.807, 2.05) is 32.9 Å². The van der Waals surface area contributed by atoms with E-state index < -0.39 is 5.60 Å². The standard InChI is InChI=1S/C19H28N2O2/c1-5-9-16-13-21(12-15-10-7-6-8-11-15)14-17(16)20-18(22)23-19(2,3)4/h5-8,10-11,16-17H,1,9,12-14H2,2-4H3,(H,20,22)/t16-,17-/m1/s1. The first-order valence-electron chi connectivity index (χ1n) is 8.24. The molecule has 0 saturated carbocycles. The number of ether oxygens (including phenoxy) is 1. The average Bonchev–Trinajstić information content (AvgIpc) is 2.80. The quantitative estimate of drug-likeness (QED) is 0.844. The van der Waals surface area contributed by atoms with Crippen molar-refractivity contribution in [2.24, 2.45) is 5.92 Å². The molecule has 0 spiro atoms. The topological polar surface area (TPSA) is 41.6 Å². The molecule has 0 radical (unpaired) electrons. The molecule has 2 atom stereocenters. The van der Waals surface area contributed by atoms with Crippen molar-refractivity contribution in [2.45, 2.75) is 45.4 Å². The summed E-state index contributed by atoms with van der Waals surface area (Å²) in [6, 6.07) is 10.5. The maximum absolute atomic E-state index is 12.1. The molecule has 1 amide bonds. The molecule has 1 aliphatic rings. The van der Waals surface area contributed by atoms with E-state index in [0.29, 0.717) is 5.92 Å². The number of benzene rings is 1. The lowest BCUT2D eigenvalue weighted by Crippen LogP contribution is -2.43. The van der Waals surface area contributed by atoms with Crippen molar-refractivity contribution in [1.82, 2.24) is 10.2 Å². The Bertz CT molecular complexity index is 522. The first-order valence-corrected chi connectivity index (χ1v) is 8.24. The second kappa shape index (κ2) is 7.64. The van der Waals surface area contributed by atoms with Crippen LogP contribution >= 0.6 is 0 Å². The van der Waals surface area contributed by atoms with Crippen molar-refractivity contribution in [2.75, 3.05) is 13.1 Å². The molecule has 23 heavy (non-hydrogen) atoms. The Kier molecular flexibility index (Phi) is 5.83. The molecule has 0 aromatic heterocycles. The average molecular weight is 316 g/mol. The fourth-order valence-corrected chi connectivity index (χ4v) is 3.01. The van der Waals surface area contributed by atoms with Crippen LogP contribution in [0.5, 0.6) is 0 Å². The van der Waals surface area contributed by atoms with Crippen LogP contribution in [-0.4, -0.2) is 35.7 Å². The van der Waals surface area contributed by atoms with Crippen LogP contribution in [0.25, 0.3) is 0 Å². The molecule has 0 bridgehead atoms. The van der Waals surface area contributed by atoms with Crippen molar-refractivity contribution in [3.05, 3.63) is 48.6 Å². The van der Waals surface area contributed by atoms with Gasteiger partial charge in [-0.3, -0.25) is 4.90 Å². The SMILES string of the molecule is C=CC[C@@H]1CN(Cc2ccccc2)C[C@H]1NC(=O)OC(C)(C)C. The van der Waals surface area contributed by atoms with Crippen molar-refractivity contribution in [3.8, 4) is 0 Å². The molecule has 1 N–H and O–H groups in total. The summed E-state index contributed by atoms with van der Waals surface area (Å²) in [5.74, 6) is 0.378. The van der Waals surface area contributed by atoms with Gasteiger partial charge >= 0.3 is 6.09 Å². The molecule has 1 aromatic carbocycles. The minimum absolute atomic E-state index is 0.103. The highest BCUT2D eigenvalue weighted by atomic mass is 16.6. The molecule has 1 aliphatic heterocycles. The molecule has 126 valence electrons. The van der Waals surface area contributed by atoms with Crippen LogP contribution in [0, 0.1) is 5.92 Å². The molecule has 1 saturated heterocycles. The predicted octanol–water partition coefficient (Wildman–Crippen LogP) is 3.59. The number of carbonyl (C=O) groups excluding carboxylic acids is 1. The van der Waals surface area contributed by atoms with Gasteiger partial charge in [-0.15, -0.1) is 6.58 Å². The Morgan fingerprint density at radius 1 is 1.35 bits per heavy atom. The van der Waals surface area contributed by atoms with Gasteiger partial charge in [-0.25, -0.2) is 4.79 Å². The zero-order chi connectivity index (χ0) is 16.9. The van der Waals surface area contributed by atoms with Gasteiger partial charge in [0.2, 0.25) is 0 Å². The molecule has 4 nitrogen and oxygen atoms in total. The first kappa shape index (κ1) is 17.5. The third-order valence-electron chi connectivity index (χ3n) is 3.94. The Morgan fingerprint density at radius 3 is 2.65 bits per heavy atom. The van der Waals surface area contributed by atoms with Gasteiger partial charge in [-0.2, -0.15) is 0 Å². The summed E-state index contributed by atoms with van der Waals surface area (Å²) in [7, 11) is 0. The number of hydrogen-bond donors (Lipinski definition) is 1. The fraction of sp³-hybridized carbons (Fsp3) is 0.526. The van der Waals surface area contributed by atoms with Gasteiger partial charge in [-0.05, 0) is 38.7 Å². The highest BCUT2D eigenvalue weighted by Crippen LogP contribution is 2.23. The zero-order valence-corrected chi connectivity index (χ0v) is 14.4. The highest BCUT2D eigenvalue weighted by molar-refractivity contribution is 5.68. The van der Waals surface area contributed by atoms with E-state index in [1.54, 1.807) is 0 Å². The van der Waals surface area contributed by atoms with E-state index in [-0.39, 0.29) is 12.1 Å². The number of rotatable bonds is 5. The lowest BCUT2D eigenvalue weighted by atomic mass is 10.0. The van der Waals surface area contributed by atoms with Crippen LogP contribution in [0.4, 0.5) is 4.79 Å². The number of nitrogens with zero attached hydrogens (tertiary/aromatic N) is 1. The molecule has 0 unspecified atom stereocenters. The van der Waals surface area contributed by atoms with Crippen LogP contribution < -0.4 is 5.32 Å². The molecule has 4 heteroatoms. The molecular weight excluding hydrogens is 288 g/mol. The summed E-state index contributed by atoms with van der Waals surface area (Å²) < 4.78 is 5.39. The summed E-state index contributed by atoms with van der Waals surface area (Å²) in [5.41, 5.74) is 0.822. The van der Waals surface area contributed by atoms with Crippen molar-refractivity contribution < 1.29 is 9.53 Å². The Morgan fingerprint density at radius 2 is 2.04 bits per heavy atom. The van der Waals surface area contributed by atoms with Crippen molar-refractivity contribution in [1.29, 1.82) is 0 Å². The lowest BCUT2D eigenvalue weighted by Gasteiger charge is -2.23. The van der Waals surface area contributed by atoms with E-state index in [2.05, 4.69) is 41.1 Å². The van der Waals surface area contributed by atoms with Gasteiger partial charge in [0.25, 0.3) is 0 Å². The minimum atomic E-state index is -0.472. The molecule has 1 fully saturated rings. The number of hydrogen-bond acceptors (Lipinski definition) is 3. The molecule has 2 rings (SSSR count). The lowest BCUT2D eigenvalue weighted by molar-refractivity contribution is 0.0496. The Labute approximate surface area is 139 Å². The van der Waals surface area contributed by atoms with Crippen molar-refractivity contribution in [3.63, 3.8) is 0 Å². The van der Waals surface area contributed by atoms with E-state index in [4.69, 9.17) is 4.74 Å². The summed E-state index contributed by atoms with van der Waals surface area (Å²) in [5, 5.41) is 3.04. The predicted molar refractivity (Wildman–Crippen MR) is 93.2 cm³/mol. The van der Waals surface area contributed by atoms with E-state index >= 15 is 0 Å². The Balaban J connectivity index is 1.95. The van der Waals surface area contributed by atoms with Crippen LogP contribution in [0.15, 0.2) is 43.0 Å². The number of likely N-dealkylation sites (tertiary alicyclic amines) is 1. The number of carbonyl (C=O) groups is 1.